The molecule has 4 N–H and O–H groups in total. The van der Waals surface area contributed by atoms with Gasteiger partial charge in [0.2, 0.25) is 0 Å². The van der Waals surface area contributed by atoms with E-state index in [1.807, 2.05) is 0 Å². The van der Waals surface area contributed by atoms with Crippen molar-refractivity contribution in [2.45, 2.75) is 58.8 Å². The van der Waals surface area contributed by atoms with Crippen LogP contribution in [0.1, 0.15) is 0 Å². The summed E-state index contributed by atoms with van der Waals surface area (Å²) in [5, 5.41) is -0.311. The minimum atomic E-state index is -9.38. The summed E-state index contributed by atoms with van der Waals surface area (Å²) in [7, 11) is -8.09. The van der Waals surface area contributed by atoms with Gasteiger partial charge in [0.05, 0.1) is 6.61 Å². The number of halogens is 21. The van der Waals surface area contributed by atoms with E-state index in [2.05, 4.69) is 0 Å². The number of aliphatic hydroxyl groups excluding tert-OH is 1. The number of rotatable bonds is 10. The van der Waals surface area contributed by atoms with Crippen molar-refractivity contribution in [1.82, 2.24) is 0 Å². The maximum absolute atomic E-state index is 13.3. The number of hydrogen-bond acceptors (Lipinski definition) is 4. The van der Waals surface area contributed by atoms with Crippen molar-refractivity contribution in [3.63, 3.8) is 0 Å². The van der Waals surface area contributed by atoms with Crippen molar-refractivity contribution in [2.75, 3.05) is 13.2 Å². The second-order valence-electron chi connectivity index (χ2n) is 6.60. The van der Waals surface area contributed by atoms with E-state index < -0.39 is 68.9 Å². The van der Waals surface area contributed by atoms with Crippen LogP contribution in [0, 0.1) is 0 Å². The second kappa shape index (κ2) is 10.3. The molecule has 0 unspecified atom stereocenters. The van der Waals surface area contributed by atoms with Gasteiger partial charge in [0, 0.05) is 6.54 Å². The number of nitrogens with two attached hydrogens (primary N) is 1. The summed E-state index contributed by atoms with van der Waals surface area (Å²) in [4.78, 5) is 0. The van der Waals surface area contributed by atoms with Crippen LogP contribution in [0.3, 0.4) is 0 Å². The first kappa shape index (κ1) is 39.5. The van der Waals surface area contributed by atoms with Gasteiger partial charge >= 0.3 is 68.9 Å². The van der Waals surface area contributed by atoms with E-state index in [0.29, 0.717) is 6.54 Å². The van der Waals surface area contributed by atoms with Crippen LogP contribution in [-0.2, 0) is 10.1 Å². The van der Waals surface area contributed by atoms with E-state index in [4.69, 9.17) is 15.4 Å². The molecule has 5 nitrogen and oxygen atoms in total. The van der Waals surface area contributed by atoms with Crippen molar-refractivity contribution in [1.29, 1.82) is 0 Å². The Morgan fingerprint density at radius 1 is 0.462 bits per heavy atom. The Balaban J connectivity index is 0. The molecule has 0 aliphatic carbocycles. The van der Waals surface area contributed by atoms with Gasteiger partial charge in [0.15, 0.2) is 0 Å². The molecule has 39 heavy (non-hydrogen) atoms. The molecule has 0 saturated carbocycles. The lowest BCUT2D eigenvalue weighted by atomic mass is 9.87. The Labute approximate surface area is 199 Å². The normalized spacial score (nSPS) is 16.1. The van der Waals surface area contributed by atoms with E-state index in [9.17, 15) is 101 Å². The summed E-state index contributed by atoms with van der Waals surface area (Å²) in [6.07, 6.45) is -8.08. The van der Waals surface area contributed by atoms with E-state index >= 15 is 0 Å². The molecule has 0 radical (unpaired) electrons. The van der Waals surface area contributed by atoms with Crippen LogP contribution in [-0.4, -0.2) is 90.0 Å². The Morgan fingerprint density at radius 3 is 0.795 bits per heavy atom. The predicted molar refractivity (Wildman–Crippen MR) is 78.3 cm³/mol. The first-order valence-corrected chi connectivity index (χ1v) is 9.60. The van der Waals surface area contributed by atoms with Crippen molar-refractivity contribution < 1.29 is 110 Å². The Kier molecular flexibility index (Phi) is 10.5. The van der Waals surface area contributed by atoms with Gasteiger partial charge in [-0.05, 0) is 0 Å². The minimum Gasteiger partial charge on any atom is -0.395 e. The average Bonchev–Trinajstić information content (AvgIpc) is 2.70. The van der Waals surface area contributed by atoms with Crippen LogP contribution < -0.4 is 5.73 Å². The predicted octanol–water partition coefficient (Wildman–Crippen LogP) is 5.05. The molecule has 0 aliphatic heterocycles. The molecule has 0 aromatic heterocycles. The third-order valence-corrected chi connectivity index (χ3v) is 4.84. The molecular formula is C12H8F21NO4S. The van der Waals surface area contributed by atoms with Crippen molar-refractivity contribution in [3.8, 4) is 0 Å². The van der Waals surface area contributed by atoms with Crippen LogP contribution >= 0.6 is 0 Å². The molecule has 0 fully saturated rings. The SMILES string of the molecule is NCCO.O=S(=O)(O)C(F)(F)C(F)(F)C(F)(F)C(F)(F)C(F)(F)C(F)(F)C(F)(F)C(F)(F)C(F)(F)C(F)(F)F. The number of alkyl halides is 21. The summed E-state index contributed by atoms with van der Waals surface area (Å²) in [5.74, 6) is -72.6. The Morgan fingerprint density at radius 2 is 0.641 bits per heavy atom. The monoisotopic (exact) mass is 661 g/mol. The molecule has 0 bridgehead atoms. The first-order valence-electron chi connectivity index (χ1n) is 8.16. The van der Waals surface area contributed by atoms with Crippen molar-refractivity contribution >= 4 is 10.1 Å². The zero-order valence-electron chi connectivity index (χ0n) is 17.0. The molecule has 0 saturated heterocycles. The van der Waals surface area contributed by atoms with Gasteiger partial charge in [-0.2, -0.15) is 101 Å². The average molecular weight is 661 g/mol. The maximum atomic E-state index is 13.3. The van der Waals surface area contributed by atoms with E-state index in [1.54, 1.807) is 0 Å². The fraction of sp³-hybridized carbons (Fsp3) is 1.00. The lowest BCUT2D eigenvalue weighted by Gasteiger charge is -2.44. The summed E-state index contributed by atoms with van der Waals surface area (Å²) in [5.41, 5.74) is 4.78. The third kappa shape index (κ3) is 5.38. The van der Waals surface area contributed by atoms with Crippen LogP contribution in [0.25, 0.3) is 0 Å². The highest BCUT2D eigenvalue weighted by Gasteiger charge is 2.98. The highest BCUT2D eigenvalue weighted by molar-refractivity contribution is 7.87. The molecule has 0 rings (SSSR count). The van der Waals surface area contributed by atoms with E-state index in [1.165, 1.54) is 0 Å². The minimum absolute atomic E-state index is 0.0972. The van der Waals surface area contributed by atoms with Gasteiger partial charge in [-0.25, -0.2) is 0 Å². The largest absolute Gasteiger partial charge is 0.460 e. The first-order chi connectivity index (χ1) is 16.4. The summed E-state index contributed by atoms with van der Waals surface area (Å²) < 4.78 is 298. The molecule has 27 heteroatoms. The highest BCUT2D eigenvalue weighted by Crippen LogP contribution is 2.66. The van der Waals surface area contributed by atoms with E-state index in [0.717, 1.165) is 0 Å². The van der Waals surface area contributed by atoms with E-state index in [-0.39, 0.29) is 6.61 Å². The highest BCUT2D eigenvalue weighted by atomic mass is 32.2. The summed E-state index contributed by atoms with van der Waals surface area (Å²) >= 11 is 0. The van der Waals surface area contributed by atoms with Gasteiger partial charge in [-0.3, -0.25) is 4.55 Å². The van der Waals surface area contributed by atoms with Gasteiger partial charge in [0.1, 0.15) is 0 Å². The lowest BCUT2D eigenvalue weighted by molar-refractivity contribution is -0.472. The van der Waals surface area contributed by atoms with Crippen molar-refractivity contribution in [2.24, 2.45) is 5.73 Å². The summed E-state index contributed by atoms with van der Waals surface area (Å²) in [6.45, 7) is 0.472. The fourth-order valence-electron chi connectivity index (χ4n) is 1.71. The van der Waals surface area contributed by atoms with Gasteiger partial charge in [-0.1, -0.05) is 0 Å². The molecule has 0 spiro atoms. The smallest absolute Gasteiger partial charge is 0.395 e. The zero-order chi connectivity index (χ0) is 32.9. The Hall–Kier alpha value is -1.64. The number of aliphatic hydroxyl groups is 1. The van der Waals surface area contributed by atoms with Gasteiger partial charge < -0.3 is 10.8 Å². The van der Waals surface area contributed by atoms with Crippen molar-refractivity contribution in [3.05, 3.63) is 0 Å². The van der Waals surface area contributed by atoms with Gasteiger partial charge in [0.25, 0.3) is 0 Å². The third-order valence-electron chi connectivity index (χ3n) is 3.94. The standard InChI is InChI=1S/C10HF21O3S.C2H7NO/c11-1(12,3(15,16)5(19,20)7(23,24)9(27,28)29)2(13,14)4(17,18)6(21,22)8(25,26)10(30,31)35(32,33)34;3-1-2-4/h(H,32,33,34);4H,1-3H2. The van der Waals surface area contributed by atoms with Gasteiger partial charge in [-0.15, -0.1) is 0 Å². The lowest BCUT2D eigenvalue weighted by Crippen LogP contribution is -2.77. The molecule has 0 aliphatic rings. The van der Waals surface area contributed by atoms with Crippen LogP contribution in [0.5, 0.6) is 0 Å². The molecular weight excluding hydrogens is 653 g/mol. The maximum Gasteiger partial charge on any atom is 0.460 e. The van der Waals surface area contributed by atoms with Crippen LogP contribution in [0.15, 0.2) is 0 Å². The molecule has 0 aromatic rings. The van der Waals surface area contributed by atoms with Crippen LogP contribution in [0.2, 0.25) is 0 Å². The topological polar surface area (TPSA) is 101 Å². The fourth-order valence-corrected chi connectivity index (χ4v) is 2.16. The molecule has 238 valence electrons. The molecule has 0 aromatic carbocycles. The number of hydrogen-bond donors (Lipinski definition) is 3. The Bertz CT molecular complexity index is 954. The quantitative estimate of drug-likeness (QED) is 0.225. The zero-order valence-corrected chi connectivity index (χ0v) is 17.9. The molecule has 0 heterocycles. The van der Waals surface area contributed by atoms with Crippen LogP contribution in [0.4, 0.5) is 92.2 Å². The second-order valence-corrected chi connectivity index (χ2v) is 8.06. The molecule has 0 atom stereocenters. The summed E-state index contributed by atoms with van der Waals surface area (Å²) in [6, 6.07) is 0. The molecule has 0 amide bonds.